The fourth-order valence-corrected chi connectivity index (χ4v) is 3.07. The highest BCUT2D eigenvalue weighted by Gasteiger charge is 2.16. The van der Waals surface area contributed by atoms with Gasteiger partial charge in [0.15, 0.2) is 0 Å². The standard InChI is InChI=1S/C17H21Cl2N3O2/c18-13-7-6-12(15(19)10-13)11-20-22-17(24)9-8-16(23)21-14-4-2-1-3-5-14/h6-7,10-11,14H,1-5,8-9H2,(H,21,23)(H,22,24)/b20-11-. The van der Waals surface area contributed by atoms with Crippen molar-refractivity contribution < 1.29 is 9.59 Å². The van der Waals surface area contributed by atoms with E-state index in [1.54, 1.807) is 18.2 Å². The van der Waals surface area contributed by atoms with Gasteiger partial charge in [-0.3, -0.25) is 9.59 Å². The Morgan fingerprint density at radius 3 is 2.54 bits per heavy atom. The van der Waals surface area contributed by atoms with E-state index in [0.717, 1.165) is 25.7 Å². The summed E-state index contributed by atoms with van der Waals surface area (Å²) in [6.07, 6.45) is 7.34. The monoisotopic (exact) mass is 369 g/mol. The number of hydrogen-bond acceptors (Lipinski definition) is 3. The number of hydrazone groups is 1. The summed E-state index contributed by atoms with van der Waals surface area (Å²) in [6, 6.07) is 5.26. The normalized spacial score (nSPS) is 15.4. The van der Waals surface area contributed by atoms with Crippen LogP contribution in [0.3, 0.4) is 0 Å². The van der Waals surface area contributed by atoms with Crippen molar-refractivity contribution in [1.82, 2.24) is 10.7 Å². The Bertz CT molecular complexity index is 614. The van der Waals surface area contributed by atoms with Gasteiger partial charge in [-0.2, -0.15) is 5.10 Å². The summed E-state index contributed by atoms with van der Waals surface area (Å²) in [5.74, 6) is -0.392. The molecule has 2 rings (SSSR count). The Morgan fingerprint density at radius 1 is 1.12 bits per heavy atom. The molecule has 0 atom stereocenters. The van der Waals surface area contributed by atoms with Crippen molar-refractivity contribution >= 4 is 41.2 Å². The van der Waals surface area contributed by atoms with Crippen LogP contribution in [0.15, 0.2) is 23.3 Å². The van der Waals surface area contributed by atoms with Crippen LogP contribution in [0, 0.1) is 0 Å². The lowest BCUT2D eigenvalue weighted by atomic mass is 9.95. The van der Waals surface area contributed by atoms with Crippen molar-refractivity contribution in [1.29, 1.82) is 0 Å². The number of nitrogens with one attached hydrogen (secondary N) is 2. The Kier molecular flexibility index (Phi) is 7.53. The van der Waals surface area contributed by atoms with Crippen LogP contribution in [0.25, 0.3) is 0 Å². The lowest BCUT2D eigenvalue weighted by molar-refractivity contribution is -0.126. The molecule has 0 unspecified atom stereocenters. The number of carbonyl (C=O) groups is 2. The first-order valence-electron chi connectivity index (χ1n) is 8.11. The third kappa shape index (κ3) is 6.49. The molecule has 1 fully saturated rings. The minimum atomic E-state index is -0.310. The predicted octanol–water partition coefficient (Wildman–Crippen LogP) is 3.67. The summed E-state index contributed by atoms with van der Waals surface area (Å²) in [5.41, 5.74) is 3.04. The molecule has 24 heavy (non-hydrogen) atoms. The summed E-state index contributed by atoms with van der Waals surface area (Å²) in [4.78, 5) is 23.5. The smallest absolute Gasteiger partial charge is 0.240 e. The van der Waals surface area contributed by atoms with Crippen molar-refractivity contribution in [3.63, 3.8) is 0 Å². The van der Waals surface area contributed by atoms with Crippen LogP contribution in [0.5, 0.6) is 0 Å². The van der Waals surface area contributed by atoms with Gasteiger partial charge >= 0.3 is 0 Å². The van der Waals surface area contributed by atoms with Gasteiger partial charge in [-0.05, 0) is 25.0 Å². The number of amides is 2. The molecule has 1 saturated carbocycles. The molecule has 0 radical (unpaired) electrons. The topological polar surface area (TPSA) is 70.6 Å². The van der Waals surface area contributed by atoms with Crippen LogP contribution in [-0.2, 0) is 9.59 Å². The molecule has 1 aliphatic rings. The van der Waals surface area contributed by atoms with E-state index in [2.05, 4.69) is 15.8 Å². The van der Waals surface area contributed by atoms with Crippen LogP contribution >= 0.6 is 23.2 Å². The highest BCUT2D eigenvalue weighted by atomic mass is 35.5. The zero-order chi connectivity index (χ0) is 17.4. The predicted molar refractivity (Wildman–Crippen MR) is 96.4 cm³/mol. The van der Waals surface area contributed by atoms with Crippen LogP contribution in [-0.4, -0.2) is 24.1 Å². The molecule has 0 spiro atoms. The minimum Gasteiger partial charge on any atom is -0.353 e. The highest BCUT2D eigenvalue weighted by Crippen LogP contribution is 2.19. The lowest BCUT2D eigenvalue weighted by Crippen LogP contribution is -2.36. The summed E-state index contributed by atoms with van der Waals surface area (Å²) in [7, 11) is 0. The van der Waals surface area contributed by atoms with Gasteiger partial charge < -0.3 is 5.32 Å². The number of halogens is 2. The first-order valence-corrected chi connectivity index (χ1v) is 8.86. The zero-order valence-electron chi connectivity index (χ0n) is 13.4. The number of rotatable bonds is 6. The maximum absolute atomic E-state index is 11.8. The molecule has 0 bridgehead atoms. The molecular formula is C17H21Cl2N3O2. The average molecular weight is 370 g/mol. The maximum atomic E-state index is 11.8. The Morgan fingerprint density at radius 2 is 1.83 bits per heavy atom. The van der Waals surface area contributed by atoms with Gasteiger partial charge in [0, 0.05) is 29.5 Å². The first kappa shape index (κ1) is 18.7. The molecule has 0 heterocycles. The second kappa shape index (κ2) is 9.64. The van der Waals surface area contributed by atoms with E-state index in [4.69, 9.17) is 23.2 Å². The molecule has 1 aromatic rings. The molecule has 1 aromatic carbocycles. The van der Waals surface area contributed by atoms with Gasteiger partial charge in [0.2, 0.25) is 11.8 Å². The Hall–Kier alpha value is -1.59. The molecular weight excluding hydrogens is 349 g/mol. The molecule has 0 aliphatic heterocycles. The number of benzene rings is 1. The molecule has 0 aromatic heterocycles. The Labute approximate surface area is 151 Å². The second-order valence-electron chi connectivity index (χ2n) is 5.86. The van der Waals surface area contributed by atoms with E-state index in [0.29, 0.717) is 15.6 Å². The molecule has 5 nitrogen and oxygen atoms in total. The van der Waals surface area contributed by atoms with Gasteiger partial charge in [-0.15, -0.1) is 0 Å². The summed E-state index contributed by atoms with van der Waals surface area (Å²) < 4.78 is 0. The number of nitrogens with zero attached hydrogens (tertiary/aromatic N) is 1. The molecule has 130 valence electrons. The first-order chi connectivity index (χ1) is 11.5. The summed E-state index contributed by atoms with van der Waals surface area (Å²) in [5, 5.41) is 7.81. The molecule has 0 saturated heterocycles. The van der Waals surface area contributed by atoms with E-state index < -0.39 is 0 Å². The van der Waals surface area contributed by atoms with Gasteiger partial charge in [0.25, 0.3) is 0 Å². The van der Waals surface area contributed by atoms with E-state index >= 15 is 0 Å². The van der Waals surface area contributed by atoms with Crippen LogP contribution < -0.4 is 10.7 Å². The second-order valence-corrected chi connectivity index (χ2v) is 6.71. The van der Waals surface area contributed by atoms with Crippen molar-refractivity contribution in [2.45, 2.75) is 51.0 Å². The maximum Gasteiger partial charge on any atom is 0.240 e. The molecule has 1 aliphatic carbocycles. The van der Waals surface area contributed by atoms with Crippen LogP contribution in [0.2, 0.25) is 10.0 Å². The van der Waals surface area contributed by atoms with Gasteiger partial charge in [-0.1, -0.05) is 48.5 Å². The summed E-state index contributed by atoms with van der Waals surface area (Å²) in [6.45, 7) is 0. The zero-order valence-corrected chi connectivity index (χ0v) is 14.9. The van der Waals surface area contributed by atoms with Crippen molar-refractivity contribution in [3.8, 4) is 0 Å². The van der Waals surface area contributed by atoms with E-state index in [1.807, 2.05) is 0 Å². The van der Waals surface area contributed by atoms with Gasteiger partial charge in [-0.25, -0.2) is 5.43 Å². The molecule has 2 amide bonds. The van der Waals surface area contributed by atoms with Crippen LogP contribution in [0.1, 0.15) is 50.5 Å². The highest BCUT2D eigenvalue weighted by molar-refractivity contribution is 6.36. The number of hydrogen-bond donors (Lipinski definition) is 2. The largest absolute Gasteiger partial charge is 0.353 e. The van der Waals surface area contributed by atoms with E-state index in [-0.39, 0.29) is 30.7 Å². The van der Waals surface area contributed by atoms with Crippen molar-refractivity contribution in [2.24, 2.45) is 5.10 Å². The number of carbonyl (C=O) groups excluding carboxylic acids is 2. The minimum absolute atomic E-state index is 0.0817. The fraction of sp³-hybridized carbons (Fsp3) is 0.471. The van der Waals surface area contributed by atoms with Crippen molar-refractivity contribution in [2.75, 3.05) is 0 Å². The van der Waals surface area contributed by atoms with Crippen molar-refractivity contribution in [3.05, 3.63) is 33.8 Å². The average Bonchev–Trinajstić information content (AvgIpc) is 2.56. The fourth-order valence-electron chi connectivity index (χ4n) is 2.61. The third-order valence-electron chi connectivity index (χ3n) is 3.90. The summed E-state index contributed by atoms with van der Waals surface area (Å²) >= 11 is 11.8. The SMILES string of the molecule is O=C(CCC(=O)NC1CCCCC1)N/N=C\c1ccc(Cl)cc1Cl. The van der Waals surface area contributed by atoms with E-state index in [1.165, 1.54) is 12.6 Å². The quantitative estimate of drug-likeness (QED) is 0.593. The molecule has 7 heteroatoms. The molecule has 2 N–H and O–H groups in total. The van der Waals surface area contributed by atoms with Gasteiger partial charge in [0.1, 0.15) is 0 Å². The van der Waals surface area contributed by atoms with Crippen LogP contribution in [0.4, 0.5) is 0 Å². The third-order valence-corrected chi connectivity index (χ3v) is 4.47. The lowest BCUT2D eigenvalue weighted by Gasteiger charge is -2.22. The Balaban J connectivity index is 1.69. The van der Waals surface area contributed by atoms with Gasteiger partial charge in [0.05, 0.1) is 11.2 Å². The van der Waals surface area contributed by atoms with E-state index in [9.17, 15) is 9.59 Å².